The number of ether oxygens (including phenoxy) is 1. The minimum atomic E-state index is -0.270. The second kappa shape index (κ2) is 5.08. The first-order chi connectivity index (χ1) is 8.61. The van der Waals surface area contributed by atoms with Crippen LogP contribution in [0.25, 0.3) is 0 Å². The molecule has 2 amide bonds. The van der Waals surface area contributed by atoms with E-state index in [9.17, 15) is 9.59 Å². The van der Waals surface area contributed by atoms with Crippen LogP contribution in [0, 0.1) is 5.92 Å². The minimum Gasteiger partial charge on any atom is -0.497 e. The molecule has 1 aromatic rings. The van der Waals surface area contributed by atoms with Crippen LogP contribution in [0.2, 0.25) is 0 Å². The first-order valence-electron chi connectivity index (χ1n) is 5.80. The molecule has 18 heavy (non-hydrogen) atoms. The number of rotatable bonds is 3. The fraction of sp³-hybridized carbons (Fsp3) is 0.385. The fourth-order valence-electron chi connectivity index (χ4n) is 2.00. The van der Waals surface area contributed by atoms with Gasteiger partial charge in [0.15, 0.2) is 0 Å². The summed E-state index contributed by atoms with van der Waals surface area (Å²) in [7, 11) is 3.29. The minimum absolute atomic E-state index is 0.0541. The van der Waals surface area contributed by atoms with Crippen LogP contribution in [-0.2, 0) is 9.59 Å². The molecule has 0 aromatic heterocycles. The summed E-state index contributed by atoms with van der Waals surface area (Å²) in [5.41, 5.74) is 0.763. The van der Waals surface area contributed by atoms with Gasteiger partial charge in [0.2, 0.25) is 11.8 Å². The van der Waals surface area contributed by atoms with Crippen LogP contribution >= 0.6 is 0 Å². The molecule has 0 bridgehead atoms. The molecule has 1 N–H and O–H groups in total. The Hall–Kier alpha value is -2.04. The lowest BCUT2D eigenvalue weighted by atomic mass is 10.1. The number of benzene rings is 1. The lowest BCUT2D eigenvalue weighted by molar-refractivity contribution is -0.124. The molecule has 1 heterocycles. The zero-order chi connectivity index (χ0) is 13.1. The highest BCUT2D eigenvalue weighted by Crippen LogP contribution is 2.22. The molecule has 1 atom stereocenters. The molecular formula is C13H16N2O3. The van der Waals surface area contributed by atoms with Gasteiger partial charge in [-0.15, -0.1) is 0 Å². The number of anilines is 1. The fourth-order valence-corrected chi connectivity index (χ4v) is 2.00. The second-order valence-electron chi connectivity index (χ2n) is 4.30. The SMILES string of the molecule is COc1cccc(N(C)C(=O)C2CNC(=O)C2)c1. The number of carbonyl (C=O) groups excluding carboxylic acids is 2. The predicted octanol–water partition coefficient (Wildman–Crippen LogP) is 0.794. The Morgan fingerprint density at radius 2 is 2.28 bits per heavy atom. The maximum absolute atomic E-state index is 12.2. The van der Waals surface area contributed by atoms with E-state index in [0.29, 0.717) is 12.3 Å². The quantitative estimate of drug-likeness (QED) is 0.860. The van der Waals surface area contributed by atoms with Gasteiger partial charge in [-0.25, -0.2) is 0 Å². The van der Waals surface area contributed by atoms with Crippen molar-refractivity contribution in [1.29, 1.82) is 0 Å². The van der Waals surface area contributed by atoms with E-state index < -0.39 is 0 Å². The summed E-state index contributed by atoms with van der Waals surface area (Å²) >= 11 is 0. The maximum atomic E-state index is 12.2. The number of hydrogen-bond acceptors (Lipinski definition) is 3. The Morgan fingerprint density at radius 3 is 2.89 bits per heavy atom. The van der Waals surface area contributed by atoms with Crippen LogP contribution in [0.5, 0.6) is 5.75 Å². The van der Waals surface area contributed by atoms with Crippen molar-refractivity contribution in [3.8, 4) is 5.75 Å². The van der Waals surface area contributed by atoms with E-state index in [1.54, 1.807) is 25.1 Å². The van der Waals surface area contributed by atoms with Gasteiger partial charge < -0.3 is 15.0 Å². The Morgan fingerprint density at radius 1 is 1.50 bits per heavy atom. The van der Waals surface area contributed by atoms with Crippen molar-refractivity contribution in [3.63, 3.8) is 0 Å². The highest BCUT2D eigenvalue weighted by molar-refractivity contribution is 5.98. The Bertz CT molecular complexity index is 473. The largest absolute Gasteiger partial charge is 0.497 e. The maximum Gasteiger partial charge on any atom is 0.232 e. The molecule has 0 aliphatic carbocycles. The zero-order valence-corrected chi connectivity index (χ0v) is 10.5. The van der Waals surface area contributed by atoms with Crippen LogP contribution < -0.4 is 15.0 Å². The molecule has 1 unspecified atom stereocenters. The van der Waals surface area contributed by atoms with Gasteiger partial charge >= 0.3 is 0 Å². The summed E-state index contributed by atoms with van der Waals surface area (Å²) in [5, 5.41) is 2.67. The van der Waals surface area contributed by atoms with E-state index in [1.807, 2.05) is 18.2 Å². The molecule has 0 saturated carbocycles. The number of nitrogens with one attached hydrogen (secondary N) is 1. The Labute approximate surface area is 106 Å². The molecule has 5 heteroatoms. The summed E-state index contributed by atoms with van der Waals surface area (Å²) in [5.74, 6) is 0.315. The van der Waals surface area contributed by atoms with Crippen LogP contribution in [0.4, 0.5) is 5.69 Å². The molecule has 0 spiro atoms. The molecule has 2 rings (SSSR count). The van der Waals surface area contributed by atoms with Gasteiger partial charge in [-0.3, -0.25) is 9.59 Å². The first-order valence-corrected chi connectivity index (χ1v) is 5.80. The summed E-state index contributed by atoms with van der Waals surface area (Å²) in [4.78, 5) is 24.9. The second-order valence-corrected chi connectivity index (χ2v) is 4.30. The van der Waals surface area contributed by atoms with E-state index >= 15 is 0 Å². The third-order valence-corrected chi connectivity index (χ3v) is 3.10. The Balaban J connectivity index is 2.12. The monoisotopic (exact) mass is 248 g/mol. The predicted molar refractivity (Wildman–Crippen MR) is 67.5 cm³/mol. The van der Waals surface area contributed by atoms with Gasteiger partial charge in [-0.1, -0.05) is 6.07 Å². The molecule has 0 radical (unpaired) electrons. The normalized spacial score (nSPS) is 18.3. The first kappa shape index (κ1) is 12.4. The van der Waals surface area contributed by atoms with Gasteiger partial charge in [-0.2, -0.15) is 0 Å². The van der Waals surface area contributed by atoms with E-state index in [4.69, 9.17) is 4.74 Å². The lowest BCUT2D eigenvalue weighted by Crippen LogP contribution is -2.33. The summed E-state index contributed by atoms with van der Waals surface area (Å²) in [6, 6.07) is 7.28. The third kappa shape index (κ3) is 2.45. The smallest absolute Gasteiger partial charge is 0.232 e. The molecule has 96 valence electrons. The number of nitrogens with zero attached hydrogens (tertiary/aromatic N) is 1. The third-order valence-electron chi connectivity index (χ3n) is 3.10. The van der Waals surface area contributed by atoms with Crippen molar-refractivity contribution in [1.82, 2.24) is 5.32 Å². The van der Waals surface area contributed by atoms with Crippen molar-refractivity contribution in [3.05, 3.63) is 24.3 Å². The molecule has 1 aliphatic rings. The standard InChI is InChI=1S/C13H16N2O3/c1-15(10-4-3-5-11(7-10)18-2)13(17)9-6-12(16)14-8-9/h3-5,7,9H,6,8H2,1-2H3,(H,14,16). The van der Waals surface area contributed by atoms with Gasteiger partial charge in [0.05, 0.1) is 13.0 Å². The van der Waals surface area contributed by atoms with E-state index in [0.717, 1.165) is 5.69 Å². The van der Waals surface area contributed by atoms with E-state index in [-0.39, 0.29) is 24.2 Å². The summed E-state index contributed by atoms with van der Waals surface area (Å²) < 4.78 is 5.12. The molecule has 1 aromatic carbocycles. The zero-order valence-electron chi connectivity index (χ0n) is 10.5. The molecular weight excluding hydrogens is 232 g/mol. The van der Waals surface area contributed by atoms with Crippen molar-refractivity contribution in [2.24, 2.45) is 5.92 Å². The van der Waals surface area contributed by atoms with Crippen molar-refractivity contribution in [2.45, 2.75) is 6.42 Å². The molecule has 1 fully saturated rings. The number of methoxy groups -OCH3 is 1. The van der Waals surface area contributed by atoms with Gasteiger partial charge in [-0.05, 0) is 12.1 Å². The van der Waals surface area contributed by atoms with Crippen LogP contribution in [-0.4, -0.2) is 32.5 Å². The number of amides is 2. The van der Waals surface area contributed by atoms with Gasteiger partial charge in [0, 0.05) is 31.8 Å². The van der Waals surface area contributed by atoms with Crippen molar-refractivity contribution in [2.75, 3.05) is 25.6 Å². The van der Waals surface area contributed by atoms with Crippen molar-refractivity contribution < 1.29 is 14.3 Å². The van der Waals surface area contributed by atoms with Gasteiger partial charge in [0.25, 0.3) is 0 Å². The molecule has 1 aliphatic heterocycles. The van der Waals surface area contributed by atoms with Crippen LogP contribution in [0.15, 0.2) is 24.3 Å². The average Bonchev–Trinajstić information content (AvgIpc) is 2.83. The lowest BCUT2D eigenvalue weighted by Gasteiger charge is -2.20. The number of hydrogen-bond donors (Lipinski definition) is 1. The van der Waals surface area contributed by atoms with Crippen molar-refractivity contribution >= 4 is 17.5 Å². The molecule has 5 nitrogen and oxygen atoms in total. The molecule has 1 saturated heterocycles. The van der Waals surface area contributed by atoms with Crippen LogP contribution in [0.1, 0.15) is 6.42 Å². The number of carbonyl (C=O) groups is 2. The van der Waals surface area contributed by atoms with Gasteiger partial charge in [0.1, 0.15) is 5.75 Å². The summed E-state index contributed by atoms with van der Waals surface area (Å²) in [6.45, 7) is 0.423. The topological polar surface area (TPSA) is 58.6 Å². The van der Waals surface area contributed by atoms with E-state index in [1.165, 1.54) is 0 Å². The average molecular weight is 248 g/mol. The van der Waals surface area contributed by atoms with E-state index in [2.05, 4.69) is 5.32 Å². The van der Waals surface area contributed by atoms with Crippen LogP contribution in [0.3, 0.4) is 0 Å². The highest BCUT2D eigenvalue weighted by Gasteiger charge is 2.30. The highest BCUT2D eigenvalue weighted by atomic mass is 16.5. The Kier molecular flexibility index (Phi) is 3.50. The summed E-state index contributed by atoms with van der Waals surface area (Å²) in [6.07, 6.45) is 0.271.